The second-order valence-corrected chi connectivity index (χ2v) is 24.0. The first kappa shape index (κ1) is 80.5. The molecule has 2 N–H and O–H groups in total. The number of ether oxygens (including phenoxy) is 10. The second-order valence-electron chi connectivity index (χ2n) is 24.0. The minimum Gasteiger partial charge on any atom is -0.466 e. The van der Waals surface area contributed by atoms with Crippen molar-refractivity contribution in [1.82, 2.24) is 0 Å². The van der Waals surface area contributed by atoms with Crippen molar-refractivity contribution in [2.75, 3.05) is 140 Å². The molecule has 0 aromatic carbocycles. The standard InChI is InChI=1S/C62H112N4O20/c1-51(67)77-41-35-63-45-59(73)85-55(49-83-60(74)46-64(5,6)36-42-78-52(2)68)31-25-19-13-15-21-27-33-57(71)81-39-29-23-17-11-12-18-24-30-40-82-58(72)34-28-22-16-14-20-26-32-56(86-62(76)48-66(9,10)38-44-80-54(4)70)50-84-61(75)47-65(7,8)37-43-79-53(3)69/h55-56,63H,5,11-50H2,1-4,6-10H3/q+2/p+1. The van der Waals surface area contributed by atoms with E-state index in [0.29, 0.717) is 65.1 Å². The van der Waals surface area contributed by atoms with Gasteiger partial charge in [0.15, 0.2) is 26.2 Å². The topological polar surface area (TPSA) is 280 Å². The van der Waals surface area contributed by atoms with E-state index < -0.39 is 54.0 Å². The highest BCUT2D eigenvalue weighted by Gasteiger charge is 2.27. The van der Waals surface area contributed by atoms with Crippen molar-refractivity contribution >= 4 is 59.7 Å². The van der Waals surface area contributed by atoms with E-state index in [0.717, 1.165) is 128 Å². The fraction of sp³-hybridized carbons (Fsp3) is 0.823. The summed E-state index contributed by atoms with van der Waals surface area (Å²) in [6.07, 6.45) is 18.9. The summed E-state index contributed by atoms with van der Waals surface area (Å²) in [7, 11) is 13.1. The zero-order valence-electron chi connectivity index (χ0n) is 54.2. The Balaban J connectivity index is 4.24. The van der Waals surface area contributed by atoms with Gasteiger partial charge in [0.25, 0.3) is 0 Å². The van der Waals surface area contributed by atoms with Crippen LogP contribution in [0, 0.1) is 7.05 Å². The van der Waals surface area contributed by atoms with E-state index >= 15 is 0 Å². The van der Waals surface area contributed by atoms with Crippen LogP contribution in [-0.2, 0) is 95.3 Å². The Morgan fingerprint density at radius 3 is 1.10 bits per heavy atom. The second kappa shape index (κ2) is 49.5. The highest BCUT2D eigenvalue weighted by Crippen LogP contribution is 2.16. The van der Waals surface area contributed by atoms with Gasteiger partial charge in [-0.2, -0.15) is 0 Å². The number of rotatable bonds is 55. The smallest absolute Gasteiger partial charge is 0.362 e. The Morgan fingerprint density at radius 1 is 0.349 bits per heavy atom. The zero-order chi connectivity index (χ0) is 64.5. The van der Waals surface area contributed by atoms with Gasteiger partial charge in [0, 0.05) is 47.6 Å². The van der Waals surface area contributed by atoms with Gasteiger partial charge >= 0.3 is 59.7 Å². The number of hydrogen-bond acceptors (Lipinski definition) is 20. The van der Waals surface area contributed by atoms with Crippen LogP contribution in [0.2, 0.25) is 0 Å². The first-order valence-electron chi connectivity index (χ1n) is 31.4. The number of unbranched alkanes of at least 4 members (excludes halogenated alkanes) is 17. The summed E-state index contributed by atoms with van der Waals surface area (Å²) < 4.78 is 53.8. The van der Waals surface area contributed by atoms with Gasteiger partial charge in [-0.25, -0.2) is 19.2 Å². The van der Waals surface area contributed by atoms with E-state index in [2.05, 4.69) is 7.05 Å². The van der Waals surface area contributed by atoms with Gasteiger partial charge in [0.2, 0.25) is 0 Å². The van der Waals surface area contributed by atoms with Crippen molar-refractivity contribution in [2.45, 2.75) is 194 Å². The molecule has 0 aromatic heterocycles. The van der Waals surface area contributed by atoms with Crippen LogP contribution in [0.5, 0.6) is 0 Å². The number of carbonyl (C=O) groups is 10. The summed E-state index contributed by atoms with van der Waals surface area (Å²) in [5, 5.41) is 1.68. The number of hydrogen-bond donors (Lipinski definition) is 1. The van der Waals surface area contributed by atoms with Crippen LogP contribution in [0.25, 0.3) is 0 Å². The van der Waals surface area contributed by atoms with E-state index in [9.17, 15) is 47.9 Å². The van der Waals surface area contributed by atoms with Gasteiger partial charge in [-0.1, -0.05) is 89.9 Å². The van der Waals surface area contributed by atoms with Crippen LogP contribution in [-0.4, -0.2) is 226 Å². The molecule has 3 unspecified atom stereocenters. The van der Waals surface area contributed by atoms with Crippen LogP contribution in [0.15, 0.2) is 0 Å². The monoisotopic (exact) mass is 1230 g/mol. The van der Waals surface area contributed by atoms with Crippen LogP contribution in [0.3, 0.4) is 0 Å². The number of likely N-dealkylation sites (N-methyl/N-ethyl adjacent to an activating group) is 3. The maximum Gasteiger partial charge on any atom is 0.362 e. The van der Waals surface area contributed by atoms with E-state index in [-0.39, 0.29) is 97.2 Å². The van der Waals surface area contributed by atoms with Gasteiger partial charge in [-0.15, -0.1) is 7.05 Å². The van der Waals surface area contributed by atoms with Gasteiger partial charge in [-0.3, -0.25) is 28.8 Å². The molecule has 0 aliphatic carbocycles. The number of esters is 10. The van der Waals surface area contributed by atoms with Gasteiger partial charge in [0.05, 0.1) is 47.9 Å². The van der Waals surface area contributed by atoms with Gasteiger partial charge in [0.1, 0.15) is 71.5 Å². The van der Waals surface area contributed by atoms with Crippen LogP contribution in [0.1, 0.15) is 182 Å². The largest absolute Gasteiger partial charge is 0.466 e. The molecular weight excluding hydrogens is 1120 g/mol. The lowest BCUT2D eigenvalue weighted by molar-refractivity contribution is -0.883. The summed E-state index contributed by atoms with van der Waals surface area (Å²) >= 11 is 0. The lowest BCUT2D eigenvalue weighted by Crippen LogP contribution is -2.87. The van der Waals surface area contributed by atoms with Crippen molar-refractivity contribution < 1.29 is 114 Å². The molecule has 0 aromatic rings. The van der Waals surface area contributed by atoms with Crippen LogP contribution >= 0.6 is 0 Å². The molecule has 0 bridgehead atoms. The van der Waals surface area contributed by atoms with Crippen molar-refractivity contribution in [2.24, 2.45) is 0 Å². The molecule has 0 saturated heterocycles. The molecule has 0 spiro atoms. The first-order valence-corrected chi connectivity index (χ1v) is 31.4. The zero-order valence-corrected chi connectivity index (χ0v) is 54.2. The third-order valence-electron chi connectivity index (χ3n) is 13.8. The summed E-state index contributed by atoms with van der Waals surface area (Å²) in [5.41, 5.74) is 0. The summed E-state index contributed by atoms with van der Waals surface area (Å²) in [6.45, 7) is 8.22. The highest BCUT2D eigenvalue weighted by atomic mass is 16.6. The van der Waals surface area contributed by atoms with Crippen molar-refractivity contribution in [3.05, 3.63) is 7.05 Å². The predicted molar refractivity (Wildman–Crippen MR) is 318 cm³/mol. The van der Waals surface area contributed by atoms with Crippen molar-refractivity contribution in [1.29, 1.82) is 0 Å². The minimum absolute atomic E-state index is 0.00548. The predicted octanol–water partition coefficient (Wildman–Crippen LogP) is 5.55. The lowest BCUT2D eigenvalue weighted by Gasteiger charge is -2.36. The number of quaternary nitrogens is 4. The fourth-order valence-corrected chi connectivity index (χ4v) is 8.79. The number of nitrogens with two attached hydrogens (primary N) is 1. The summed E-state index contributed by atoms with van der Waals surface area (Å²) in [6, 6.07) is 0. The molecule has 0 rings (SSSR count). The molecule has 0 aliphatic heterocycles. The van der Waals surface area contributed by atoms with Gasteiger partial charge in [-0.05, 0) is 51.4 Å². The fourth-order valence-electron chi connectivity index (χ4n) is 8.79. The highest BCUT2D eigenvalue weighted by molar-refractivity contribution is 5.73. The third-order valence-corrected chi connectivity index (χ3v) is 13.8. The Morgan fingerprint density at radius 2 is 0.686 bits per heavy atom. The Kier molecular flexibility index (Phi) is 46.4. The molecule has 0 heterocycles. The molecule has 86 heavy (non-hydrogen) atoms. The third kappa shape index (κ3) is 54.0. The average Bonchev–Trinajstić information content (AvgIpc) is 3.63. The van der Waals surface area contributed by atoms with Crippen LogP contribution < -0.4 is 5.32 Å². The van der Waals surface area contributed by atoms with Crippen LogP contribution in [0.4, 0.5) is 0 Å². The van der Waals surface area contributed by atoms with E-state index in [1.807, 2.05) is 28.2 Å². The Labute approximate surface area is 513 Å². The molecule has 24 heteroatoms. The van der Waals surface area contributed by atoms with Crippen molar-refractivity contribution in [3.8, 4) is 0 Å². The van der Waals surface area contributed by atoms with E-state index in [1.165, 1.54) is 27.7 Å². The lowest BCUT2D eigenvalue weighted by atomic mass is 10.1. The summed E-state index contributed by atoms with van der Waals surface area (Å²) in [4.78, 5) is 120. The number of carbonyl (C=O) groups excluding carboxylic acids is 10. The molecule has 0 amide bonds. The molecule has 498 valence electrons. The molecule has 0 fully saturated rings. The molecule has 24 nitrogen and oxygen atoms in total. The molecule has 0 radical (unpaired) electrons. The maximum absolute atomic E-state index is 13.0. The Bertz CT molecular complexity index is 1950. The molecule has 3 atom stereocenters. The maximum atomic E-state index is 13.0. The van der Waals surface area contributed by atoms with E-state index in [4.69, 9.17) is 47.4 Å². The normalized spacial score (nSPS) is 12.8. The molecule has 0 saturated carbocycles. The molecule has 0 aliphatic rings. The first-order chi connectivity index (χ1) is 40.7. The van der Waals surface area contributed by atoms with E-state index in [1.54, 1.807) is 12.4 Å². The SMILES string of the molecule is [CH2-][N+](C)(CCOC(C)=O)CC(=O)OCC(CCCCCCCCC(=O)OCCCCCCCCCCOC(=O)CCCCCCCCC(COC(=O)C[N+](C)(C)CCOC(C)=O)OC(=O)C[N+](C)(C)CCOC(C)=O)OC(=O)C[NH2+]CCOC(C)=O. The minimum atomic E-state index is -0.632. The average molecular weight is 1230 g/mol. The Hall–Kier alpha value is -5.46. The van der Waals surface area contributed by atoms with Gasteiger partial charge < -0.3 is 66.1 Å². The van der Waals surface area contributed by atoms with Crippen molar-refractivity contribution in [3.63, 3.8) is 0 Å². The number of nitrogens with zero attached hydrogens (tertiary/aromatic N) is 3. The molecular formula is C62H113N4O20+3. The quantitative estimate of drug-likeness (QED) is 0.0257. The summed E-state index contributed by atoms with van der Waals surface area (Å²) in [5.74, 6) is -3.82.